The van der Waals surface area contributed by atoms with Crippen molar-refractivity contribution in [1.29, 1.82) is 0 Å². The van der Waals surface area contributed by atoms with Crippen molar-refractivity contribution in [2.75, 3.05) is 0 Å². The van der Waals surface area contributed by atoms with Crippen LogP contribution in [-0.2, 0) is 16.6 Å². The number of halogens is 2. The van der Waals surface area contributed by atoms with Crippen LogP contribution in [0.5, 0.6) is 0 Å². The molecule has 1 N–H and O–H groups in total. The standard InChI is InChI=1S/C12H9BrClN3O2S2/c13-9-3-1-2-8(6-9)7-15-21(18,19)11-10(14)16-12-17(11)4-5-20-12/h1-6,15H,7H2. The van der Waals surface area contributed by atoms with Crippen molar-refractivity contribution in [3.8, 4) is 0 Å². The summed E-state index contributed by atoms with van der Waals surface area (Å²) in [5, 5.41) is 1.70. The second-order valence-corrected chi connectivity index (χ2v) is 8.05. The van der Waals surface area contributed by atoms with Gasteiger partial charge in [-0.25, -0.2) is 18.1 Å². The largest absolute Gasteiger partial charge is 0.279 e. The van der Waals surface area contributed by atoms with Gasteiger partial charge in [-0.3, -0.25) is 4.40 Å². The highest BCUT2D eigenvalue weighted by atomic mass is 79.9. The van der Waals surface area contributed by atoms with E-state index in [1.165, 1.54) is 15.7 Å². The first-order chi connectivity index (χ1) is 9.97. The Morgan fingerprint density at radius 3 is 3.00 bits per heavy atom. The van der Waals surface area contributed by atoms with E-state index in [-0.39, 0.29) is 16.7 Å². The van der Waals surface area contributed by atoms with E-state index in [0.717, 1.165) is 10.0 Å². The van der Waals surface area contributed by atoms with Gasteiger partial charge in [0.05, 0.1) is 0 Å². The molecule has 0 aliphatic heterocycles. The second kappa shape index (κ2) is 5.69. The van der Waals surface area contributed by atoms with Crippen molar-refractivity contribution in [3.63, 3.8) is 0 Å². The smallest absolute Gasteiger partial charge is 0.260 e. The summed E-state index contributed by atoms with van der Waals surface area (Å²) >= 11 is 10.6. The van der Waals surface area contributed by atoms with E-state index in [9.17, 15) is 8.42 Å². The van der Waals surface area contributed by atoms with Gasteiger partial charge in [0.25, 0.3) is 10.0 Å². The molecule has 0 unspecified atom stereocenters. The Bertz CT molecular complexity index is 904. The zero-order valence-electron chi connectivity index (χ0n) is 10.5. The van der Waals surface area contributed by atoms with E-state index >= 15 is 0 Å². The molecule has 2 aromatic heterocycles. The lowest BCUT2D eigenvalue weighted by molar-refractivity contribution is 0.576. The SMILES string of the molecule is O=S(=O)(NCc1cccc(Br)c1)c1c(Cl)nc2sccn12. The average Bonchev–Trinajstić information content (AvgIpc) is 2.96. The molecule has 3 rings (SSSR count). The molecule has 3 aromatic rings. The summed E-state index contributed by atoms with van der Waals surface area (Å²) in [7, 11) is -3.75. The lowest BCUT2D eigenvalue weighted by Crippen LogP contribution is -2.24. The highest BCUT2D eigenvalue weighted by molar-refractivity contribution is 9.10. The van der Waals surface area contributed by atoms with Gasteiger partial charge in [-0.1, -0.05) is 39.7 Å². The van der Waals surface area contributed by atoms with Gasteiger partial charge in [-0.15, -0.1) is 11.3 Å². The Morgan fingerprint density at radius 1 is 1.43 bits per heavy atom. The summed E-state index contributed by atoms with van der Waals surface area (Å²) in [6, 6.07) is 7.41. The van der Waals surface area contributed by atoms with Crippen LogP contribution in [0.15, 0.2) is 45.3 Å². The Kier molecular flexibility index (Phi) is 4.06. The number of fused-ring (bicyclic) bond motifs is 1. The number of hydrogen-bond acceptors (Lipinski definition) is 4. The molecule has 9 heteroatoms. The van der Waals surface area contributed by atoms with Crippen LogP contribution < -0.4 is 4.72 Å². The predicted molar refractivity (Wildman–Crippen MR) is 86.2 cm³/mol. The molecule has 0 amide bonds. The number of sulfonamides is 1. The van der Waals surface area contributed by atoms with E-state index in [2.05, 4.69) is 25.6 Å². The monoisotopic (exact) mass is 405 g/mol. The van der Waals surface area contributed by atoms with E-state index in [0.29, 0.717) is 4.96 Å². The van der Waals surface area contributed by atoms with E-state index < -0.39 is 10.0 Å². The summed E-state index contributed by atoms with van der Waals surface area (Å²) in [4.78, 5) is 4.57. The summed E-state index contributed by atoms with van der Waals surface area (Å²) in [6.45, 7) is 0.176. The highest BCUT2D eigenvalue weighted by Gasteiger charge is 2.24. The maximum absolute atomic E-state index is 12.4. The molecule has 0 bridgehead atoms. The first kappa shape index (κ1) is 15.0. The Balaban J connectivity index is 1.90. The normalized spacial score (nSPS) is 12.1. The number of aromatic nitrogens is 2. The average molecular weight is 407 g/mol. The van der Waals surface area contributed by atoms with Gasteiger partial charge < -0.3 is 0 Å². The third kappa shape index (κ3) is 3.00. The second-order valence-electron chi connectivity index (χ2n) is 4.22. The van der Waals surface area contributed by atoms with Crippen molar-refractivity contribution >= 4 is 53.9 Å². The summed E-state index contributed by atoms with van der Waals surface area (Å²) < 4.78 is 29.7. The quantitative estimate of drug-likeness (QED) is 0.723. The minimum absolute atomic E-state index is 0.0245. The topological polar surface area (TPSA) is 63.5 Å². The summed E-state index contributed by atoms with van der Waals surface area (Å²) in [6.07, 6.45) is 1.63. The maximum Gasteiger partial charge on any atom is 0.260 e. The first-order valence-electron chi connectivity index (χ1n) is 5.82. The van der Waals surface area contributed by atoms with Crippen molar-refractivity contribution in [3.05, 3.63) is 51.0 Å². The van der Waals surface area contributed by atoms with Gasteiger partial charge in [0.1, 0.15) is 0 Å². The molecule has 2 heterocycles. The molecule has 0 saturated carbocycles. The zero-order valence-corrected chi connectivity index (χ0v) is 14.4. The first-order valence-corrected chi connectivity index (χ1v) is 9.36. The number of nitrogens with zero attached hydrogens (tertiary/aromatic N) is 2. The molecular weight excluding hydrogens is 398 g/mol. The molecule has 0 saturated heterocycles. The van der Waals surface area contributed by atoms with Crippen molar-refractivity contribution < 1.29 is 8.42 Å². The summed E-state index contributed by atoms with van der Waals surface area (Å²) in [5.41, 5.74) is 0.843. The number of imidazole rings is 1. The van der Waals surface area contributed by atoms with Crippen LogP contribution in [0, 0.1) is 0 Å². The maximum atomic E-state index is 12.4. The zero-order chi connectivity index (χ0) is 15.0. The molecule has 110 valence electrons. The Morgan fingerprint density at radius 2 is 2.24 bits per heavy atom. The number of rotatable bonds is 4. The van der Waals surface area contributed by atoms with Gasteiger partial charge in [-0.05, 0) is 17.7 Å². The molecule has 0 radical (unpaired) electrons. The molecule has 0 atom stereocenters. The van der Waals surface area contributed by atoms with Gasteiger partial charge in [0.15, 0.2) is 15.1 Å². The number of thiazole rings is 1. The highest BCUT2D eigenvalue weighted by Crippen LogP contribution is 2.25. The fourth-order valence-electron chi connectivity index (χ4n) is 1.87. The molecule has 0 spiro atoms. The van der Waals surface area contributed by atoms with Crippen molar-refractivity contribution in [1.82, 2.24) is 14.1 Å². The van der Waals surface area contributed by atoms with E-state index in [1.807, 2.05) is 24.3 Å². The van der Waals surface area contributed by atoms with Gasteiger partial charge in [0, 0.05) is 22.6 Å². The van der Waals surface area contributed by atoms with Gasteiger partial charge in [-0.2, -0.15) is 0 Å². The van der Waals surface area contributed by atoms with E-state index in [1.54, 1.807) is 11.6 Å². The number of nitrogens with one attached hydrogen (secondary N) is 1. The van der Waals surface area contributed by atoms with Crippen molar-refractivity contribution in [2.24, 2.45) is 0 Å². The van der Waals surface area contributed by atoms with Crippen LogP contribution in [0.2, 0.25) is 5.15 Å². The molecule has 5 nitrogen and oxygen atoms in total. The van der Waals surface area contributed by atoms with Crippen molar-refractivity contribution in [2.45, 2.75) is 11.6 Å². The van der Waals surface area contributed by atoms with Crippen LogP contribution in [0.1, 0.15) is 5.56 Å². The van der Waals surface area contributed by atoms with Crippen LogP contribution in [-0.4, -0.2) is 17.8 Å². The molecule has 0 fully saturated rings. The van der Waals surface area contributed by atoms with Crippen LogP contribution in [0.25, 0.3) is 4.96 Å². The lowest BCUT2D eigenvalue weighted by Gasteiger charge is -2.06. The third-order valence-corrected chi connectivity index (χ3v) is 5.84. The Hall–Kier alpha value is -0.930. The van der Waals surface area contributed by atoms with Gasteiger partial charge in [0.2, 0.25) is 0 Å². The lowest BCUT2D eigenvalue weighted by atomic mass is 10.2. The minimum atomic E-state index is -3.75. The summed E-state index contributed by atoms with van der Waals surface area (Å²) in [5.74, 6) is 0. The van der Waals surface area contributed by atoms with Gasteiger partial charge >= 0.3 is 0 Å². The van der Waals surface area contributed by atoms with Crippen LogP contribution in [0.3, 0.4) is 0 Å². The predicted octanol–water partition coefficient (Wildman–Crippen LogP) is 3.29. The van der Waals surface area contributed by atoms with E-state index in [4.69, 9.17) is 11.6 Å². The molecule has 1 aromatic carbocycles. The molecule has 21 heavy (non-hydrogen) atoms. The third-order valence-electron chi connectivity index (χ3n) is 2.79. The molecular formula is C12H9BrClN3O2S2. The number of hydrogen-bond donors (Lipinski definition) is 1. The number of benzene rings is 1. The molecule has 0 aliphatic rings. The minimum Gasteiger partial charge on any atom is -0.279 e. The van der Waals surface area contributed by atoms with Crippen LogP contribution >= 0.6 is 38.9 Å². The van der Waals surface area contributed by atoms with Crippen LogP contribution in [0.4, 0.5) is 0 Å². The molecule has 0 aliphatic carbocycles. The fourth-order valence-corrected chi connectivity index (χ4v) is 4.78. The Labute approximate surface area is 138 Å². The fraction of sp³-hybridized carbons (Fsp3) is 0.0833.